The summed E-state index contributed by atoms with van der Waals surface area (Å²) in [5.41, 5.74) is 3.42. The lowest BCUT2D eigenvalue weighted by atomic mass is 9.82. The van der Waals surface area contributed by atoms with Crippen LogP contribution in [0.15, 0.2) is 52.6 Å². The van der Waals surface area contributed by atoms with Crippen LogP contribution in [0.1, 0.15) is 26.3 Å². The molecule has 0 aliphatic rings. The standard InChI is InChI=1S/C26H28N2O4S/c1-26(2,3)20(28(4)25(30)31)14-15-6-8-16(9-7-15)21-19(32-5)11-10-18-22(21)17-12-13-33-23(17)24(29)27-18/h6-13,20H,14H2,1-5H3,(H,27,29)(H,30,31). The van der Waals surface area contributed by atoms with Gasteiger partial charge in [0.05, 0.1) is 7.11 Å². The number of hydrogen-bond acceptors (Lipinski definition) is 4. The molecule has 4 aromatic rings. The van der Waals surface area contributed by atoms with Crippen LogP contribution in [0.25, 0.3) is 32.1 Å². The molecule has 7 heteroatoms. The zero-order valence-corrected chi connectivity index (χ0v) is 20.2. The molecule has 1 amide bonds. The number of nitrogens with zero attached hydrogens (tertiary/aromatic N) is 1. The Bertz CT molecular complexity index is 1380. The van der Waals surface area contributed by atoms with Gasteiger partial charge in [-0.2, -0.15) is 0 Å². The molecule has 6 nitrogen and oxygen atoms in total. The van der Waals surface area contributed by atoms with E-state index in [0.717, 1.165) is 38.7 Å². The van der Waals surface area contributed by atoms with E-state index in [1.807, 2.05) is 47.8 Å². The zero-order valence-electron chi connectivity index (χ0n) is 19.4. The van der Waals surface area contributed by atoms with Crippen LogP contribution in [-0.2, 0) is 6.42 Å². The van der Waals surface area contributed by atoms with Crippen LogP contribution in [0.3, 0.4) is 0 Å². The third-order valence-corrected chi connectivity index (χ3v) is 7.13. The first kappa shape index (κ1) is 22.9. The maximum Gasteiger partial charge on any atom is 0.407 e. The fourth-order valence-electron chi connectivity index (χ4n) is 4.47. The van der Waals surface area contributed by atoms with Crippen LogP contribution >= 0.6 is 11.3 Å². The molecule has 2 N–H and O–H groups in total. The SMILES string of the molecule is COc1ccc2[nH]c(=O)c3sccc3c2c1-c1ccc(CC(N(C)C(=O)O)C(C)(C)C)cc1. The van der Waals surface area contributed by atoms with Crippen LogP contribution in [0.4, 0.5) is 4.79 Å². The van der Waals surface area contributed by atoms with Crippen molar-refractivity contribution in [2.24, 2.45) is 5.41 Å². The van der Waals surface area contributed by atoms with Crippen molar-refractivity contribution in [2.45, 2.75) is 33.2 Å². The summed E-state index contributed by atoms with van der Waals surface area (Å²) in [4.78, 5) is 28.5. The second-order valence-corrected chi connectivity index (χ2v) is 10.3. The number of aromatic nitrogens is 1. The van der Waals surface area contributed by atoms with Gasteiger partial charge in [0.2, 0.25) is 0 Å². The van der Waals surface area contributed by atoms with Gasteiger partial charge in [-0.15, -0.1) is 11.3 Å². The Balaban J connectivity index is 1.81. The molecule has 0 spiro atoms. The molecule has 2 aromatic carbocycles. The number of fused-ring (bicyclic) bond motifs is 3. The van der Waals surface area contributed by atoms with E-state index in [1.54, 1.807) is 14.2 Å². The lowest BCUT2D eigenvalue weighted by Crippen LogP contribution is -2.45. The number of pyridine rings is 1. The molecule has 0 saturated carbocycles. The van der Waals surface area contributed by atoms with Crippen LogP contribution < -0.4 is 10.3 Å². The Morgan fingerprint density at radius 3 is 2.45 bits per heavy atom. The van der Waals surface area contributed by atoms with Gasteiger partial charge in [-0.1, -0.05) is 45.0 Å². The summed E-state index contributed by atoms with van der Waals surface area (Å²) >= 11 is 1.43. The minimum absolute atomic E-state index is 0.0882. The Hall–Kier alpha value is -3.32. The monoisotopic (exact) mass is 464 g/mol. The quantitative estimate of drug-likeness (QED) is 0.380. The molecule has 33 heavy (non-hydrogen) atoms. The van der Waals surface area contributed by atoms with Gasteiger partial charge in [0.15, 0.2) is 0 Å². The number of carboxylic acid groups (broad SMARTS) is 1. The maximum atomic E-state index is 12.5. The molecule has 0 saturated heterocycles. The number of H-pyrrole nitrogens is 1. The van der Waals surface area contributed by atoms with Gasteiger partial charge in [-0.05, 0) is 46.5 Å². The number of hydrogen-bond donors (Lipinski definition) is 2. The normalized spacial score (nSPS) is 12.8. The minimum Gasteiger partial charge on any atom is -0.496 e. The molecule has 0 radical (unpaired) electrons. The van der Waals surface area contributed by atoms with Crippen LogP contribution in [0.2, 0.25) is 0 Å². The van der Waals surface area contributed by atoms with E-state index in [2.05, 4.69) is 25.8 Å². The maximum absolute atomic E-state index is 12.5. The first-order valence-corrected chi connectivity index (χ1v) is 11.6. The molecule has 4 rings (SSSR count). The summed E-state index contributed by atoms with van der Waals surface area (Å²) in [7, 11) is 3.27. The van der Waals surface area contributed by atoms with Gasteiger partial charge in [-0.3, -0.25) is 4.79 Å². The lowest BCUT2D eigenvalue weighted by molar-refractivity contribution is 0.0986. The lowest BCUT2D eigenvalue weighted by Gasteiger charge is -2.36. The van der Waals surface area contributed by atoms with Gasteiger partial charge in [0, 0.05) is 34.9 Å². The number of likely N-dealkylation sites (N-methyl/N-ethyl adjacent to an activating group) is 1. The first-order valence-electron chi connectivity index (χ1n) is 10.8. The number of amides is 1. The van der Waals surface area contributed by atoms with E-state index in [0.29, 0.717) is 11.1 Å². The van der Waals surface area contributed by atoms with Gasteiger partial charge >= 0.3 is 6.09 Å². The predicted molar refractivity (Wildman–Crippen MR) is 135 cm³/mol. The summed E-state index contributed by atoms with van der Waals surface area (Å²) in [5.74, 6) is 0.730. The van der Waals surface area contributed by atoms with Crippen molar-refractivity contribution in [1.29, 1.82) is 0 Å². The van der Waals surface area contributed by atoms with E-state index in [-0.39, 0.29) is 17.0 Å². The third kappa shape index (κ3) is 4.20. The highest BCUT2D eigenvalue weighted by Gasteiger charge is 2.31. The van der Waals surface area contributed by atoms with Crippen molar-refractivity contribution < 1.29 is 14.6 Å². The number of aromatic amines is 1. The molecular weight excluding hydrogens is 436 g/mol. The smallest absolute Gasteiger partial charge is 0.407 e. The highest BCUT2D eigenvalue weighted by molar-refractivity contribution is 7.17. The van der Waals surface area contributed by atoms with Gasteiger partial charge in [0.1, 0.15) is 10.4 Å². The summed E-state index contributed by atoms with van der Waals surface area (Å²) in [6.45, 7) is 6.16. The van der Waals surface area contributed by atoms with Crippen molar-refractivity contribution in [3.05, 3.63) is 63.8 Å². The average Bonchev–Trinajstić information content (AvgIpc) is 3.27. The average molecular weight is 465 g/mol. The Kier molecular flexibility index (Phi) is 5.93. The molecule has 0 fully saturated rings. The first-order chi connectivity index (χ1) is 15.6. The molecule has 2 heterocycles. The molecule has 0 aliphatic carbocycles. The Morgan fingerprint density at radius 1 is 1.15 bits per heavy atom. The number of ether oxygens (including phenoxy) is 1. The van der Waals surface area contributed by atoms with Crippen LogP contribution in [-0.4, -0.2) is 41.3 Å². The van der Waals surface area contributed by atoms with E-state index in [9.17, 15) is 14.7 Å². The van der Waals surface area contributed by atoms with E-state index >= 15 is 0 Å². The van der Waals surface area contributed by atoms with Crippen molar-refractivity contribution in [3.8, 4) is 16.9 Å². The third-order valence-electron chi connectivity index (χ3n) is 6.22. The summed E-state index contributed by atoms with van der Waals surface area (Å²) in [6, 6.07) is 13.7. The number of nitrogens with one attached hydrogen (secondary N) is 1. The summed E-state index contributed by atoms with van der Waals surface area (Å²) in [6.07, 6.45) is -0.317. The number of benzene rings is 2. The predicted octanol–water partition coefficient (Wildman–Crippen LogP) is 5.99. The van der Waals surface area contributed by atoms with Gasteiger partial charge in [-0.25, -0.2) is 4.79 Å². The molecule has 0 bridgehead atoms. The van der Waals surface area contributed by atoms with Crippen LogP contribution in [0, 0.1) is 5.41 Å². The highest BCUT2D eigenvalue weighted by atomic mass is 32.1. The van der Waals surface area contributed by atoms with Crippen molar-refractivity contribution in [1.82, 2.24) is 9.88 Å². The molecule has 0 aliphatic heterocycles. The zero-order chi connectivity index (χ0) is 23.9. The molecule has 172 valence electrons. The summed E-state index contributed by atoms with van der Waals surface area (Å²) < 4.78 is 6.39. The fourth-order valence-corrected chi connectivity index (χ4v) is 5.27. The second-order valence-electron chi connectivity index (χ2n) is 9.36. The number of rotatable bonds is 5. The van der Waals surface area contributed by atoms with Crippen molar-refractivity contribution in [2.75, 3.05) is 14.2 Å². The largest absolute Gasteiger partial charge is 0.496 e. The minimum atomic E-state index is -0.930. The van der Waals surface area contributed by atoms with E-state index < -0.39 is 6.09 Å². The number of thiophene rings is 1. The van der Waals surface area contributed by atoms with E-state index in [1.165, 1.54) is 16.2 Å². The summed E-state index contributed by atoms with van der Waals surface area (Å²) in [5, 5.41) is 13.3. The Morgan fingerprint density at radius 2 is 1.85 bits per heavy atom. The number of methoxy groups -OCH3 is 1. The topological polar surface area (TPSA) is 82.6 Å². The highest BCUT2D eigenvalue weighted by Crippen LogP contribution is 2.40. The van der Waals surface area contributed by atoms with E-state index in [4.69, 9.17) is 4.74 Å². The van der Waals surface area contributed by atoms with Crippen LogP contribution in [0.5, 0.6) is 5.75 Å². The molecule has 2 aromatic heterocycles. The molecule has 1 unspecified atom stereocenters. The second kappa shape index (κ2) is 8.56. The molecular formula is C26H28N2O4S. The molecule has 1 atom stereocenters. The van der Waals surface area contributed by atoms with Crippen molar-refractivity contribution in [3.63, 3.8) is 0 Å². The van der Waals surface area contributed by atoms with Gasteiger partial charge < -0.3 is 19.7 Å². The Labute approximate surface area is 196 Å². The number of carbonyl (C=O) groups is 1. The van der Waals surface area contributed by atoms with Gasteiger partial charge in [0.25, 0.3) is 5.56 Å². The fraction of sp³-hybridized carbons (Fsp3) is 0.308. The van der Waals surface area contributed by atoms with Crippen molar-refractivity contribution >= 4 is 38.4 Å².